The van der Waals surface area contributed by atoms with Crippen LogP contribution in [0.5, 0.6) is 0 Å². The van der Waals surface area contributed by atoms with Gasteiger partial charge in [0.1, 0.15) is 11.0 Å². The molecule has 1 amide bonds. The third-order valence-corrected chi connectivity index (χ3v) is 4.67. The Morgan fingerprint density at radius 2 is 2.00 bits per heavy atom. The lowest BCUT2D eigenvalue weighted by atomic mass is 9.95. The number of rotatable bonds is 2. The summed E-state index contributed by atoms with van der Waals surface area (Å²) in [7, 11) is 0. The largest absolute Gasteiger partial charge is 0.339 e. The minimum absolute atomic E-state index is 0.00357. The van der Waals surface area contributed by atoms with Crippen LogP contribution in [0.15, 0.2) is 42.7 Å². The number of hydrogen-bond acceptors (Lipinski definition) is 4. The topological polar surface area (TPSA) is 63.4 Å². The first-order valence-electron chi connectivity index (χ1n) is 7.93. The van der Waals surface area contributed by atoms with Gasteiger partial charge in [-0.2, -0.15) is 0 Å². The Labute approximate surface area is 144 Å². The minimum Gasteiger partial charge on any atom is -0.339 e. The molecule has 0 bridgehead atoms. The number of carbonyl (C=O) groups excluding carboxylic acids is 1. The summed E-state index contributed by atoms with van der Waals surface area (Å²) in [5, 5.41) is 8.90. The van der Waals surface area contributed by atoms with Gasteiger partial charge in [0.15, 0.2) is 5.65 Å². The van der Waals surface area contributed by atoms with Crippen LogP contribution < -0.4 is 0 Å². The van der Waals surface area contributed by atoms with Crippen LogP contribution >= 0.6 is 11.6 Å². The van der Waals surface area contributed by atoms with Gasteiger partial charge in [0.05, 0.1) is 0 Å². The predicted octanol–water partition coefficient (Wildman–Crippen LogP) is 2.80. The van der Waals surface area contributed by atoms with E-state index in [-0.39, 0.29) is 5.91 Å². The van der Waals surface area contributed by atoms with Crippen molar-refractivity contribution in [1.82, 2.24) is 24.5 Å². The molecule has 4 heterocycles. The van der Waals surface area contributed by atoms with Crippen LogP contribution in [0.2, 0.25) is 5.15 Å². The molecule has 1 fully saturated rings. The van der Waals surface area contributed by atoms with Crippen molar-refractivity contribution in [2.24, 2.45) is 0 Å². The van der Waals surface area contributed by atoms with Crippen LogP contribution in [0, 0.1) is 0 Å². The van der Waals surface area contributed by atoms with E-state index in [0.717, 1.165) is 24.3 Å². The highest BCUT2D eigenvalue weighted by Crippen LogP contribution is 2.27. The van der Waals surface area contributed by atoms with Crippen LogP contribution in [-0.4, -0.2) is 43.5 Å². The van der Waals surface area contributed by atoms with Gasteiger partial charge < -0.3 is 4.90 Å². The van der Waals surface area contributed by atoms with Gasteiger partial charge in [0, 0.05) is 37.0 Å². The molecule has 4 rings (SSSR count). The zero-order chi connectivity index (χ0) is 16.5. The lowest BCUT2D eigenvalue weighted by Crippen LogP contribution is -2.38. The van der Waals surface area contributed by atoms with E-state index in [1.54, 1.807) is 18.3 Å². The number of likely N-dealkylation sites (tertiary alicyclic amines) is 1. The van der Waals surface area contributed by atoms with E-state index in [2.05, 4.69) is 15.2 Å². The number of fused-ring (bicyclic) bond motifs is 1. The Morgan fingerprint density at radius 3 is 2.79 bits per heavy atom. The zero-order valence-corrected chi connectivity index (χ0v) is 13.7. The molecule has 122 valence electrons. The molecule has 0 aliphatic carbocycles. The molecule has 0 aromatic carbocycles. The molecule has 0 saturated carbocycles. The molecule has 7 heteroatoms. The number of amides is 1. The molecule has 24 heavy (non-hydrogen) atoms. The van der Waals surface area contributed by atoms with Gasteiger partial charge >= 0.3 is 0 Å². The van der Waals surface area contributed by atoms with Crippen molar-refractivity contribution in [2.75, 3.05) is 13.1 Å². The summed E-state index contributed by atoms with van der Waals surface area (Å²) in [4.78, 5) is 18.3. The number of piperidine rings is 1. The van der Waals surface area contributed by atoms with Crippen molar-refractivity contribution in [2.45, 2.75) is 18.8 Å². The van der Waals surface area contributed by atoms with Crippen LogP contribution in [0.3, 0.4) is 0 Å². The summed E-state index contributed by atoms with van der Waals surface area (Å²) in [5.74, 6) is 1.29. The average molecular weight is 342 g/mol. The van der Waals surface area contributed by atoms with E-state index in [4.69, 9.17) is 11.6 Å². The maximum absolute atomic E-state index is 12.6. The van der Waals surface area contributed by atoms with Crippen molar-refractivity contribution in [3.05, 3.63) is 59.3 Å². The minimum atomic E-state index is 0.00357. The lowest BCUT2D eigenvalue weighted by Gasteiger charge is -2.31. The fourth-order valence-electron chi connectivity index (χ4n) is 3.20. The van der Waals surface area contributed by atoms with Crippen LogP contribution in [-0.2, 0) is 0 Å². The Bertz CT molecular complexity index is 885. The Kier molecular flexibility index (Phi) is 3.90. The Hall–Kier alpha value is -2.47. The molecule has 0 atom stereocenters. The van der Waals surface area contributed by atoms with E-state index >= 15 is 0 Å². The molecule has 0 radical (unpaired) electrons. The maximum Gasteiger partial charge on any atom is 0.254 e. The quantitative estimate of drug-likeness (QED) is 0.672. The van der Waals surface area contributed by atoms with E-state index in [1.807, 2.05) is 33.7 Å². The number of halogens is 1. The SMILES string of the molecule is O=C(c1ccnc(Cl)c1)N1CCC(c2nnc3ccccn23)CC1. The fourth-order valence-corrected chi connectivity index (χ4v) is 3.37. The van der Waals surface area contributed by atoms with Gasteiger partial charge in [-0.05, 0) is 37.1 Å². The molecular weight excluding hydrogens is 326 g/mol. The summed E-state index contributed by atoms with van der Waals surface area (Å²) in [6.07, 6.45) is 5.30. The summed E-state index contributed by atoms with van der Waals surface area (Å²) >= 11 is 5.87. The summed E-state index contributed by atoms with van der Waals surface area (Å²) in [6, 6.07) is 9.19. The van der Waals surface area contributed by atoms with Gasteiger partial charge in [-0.3, -0.25) is 9.20 Å². The van der Waals surface area contributed by atoms with Gasteiger partial charge in [0.25, 0.3) is 5.91 Å². The van der Waals surface area contributed by atoms with E-state index < -0.39 is 0 Å². The molecule has 3 aromatic heterocycles. The van der Waals surface area contributed by atoms with Gasteiger partial charge in [-0.1, -0.05) is 17.7 Å². The van der Waals surface area contributed by atoms with Crippen molar-refractivity contribution in [1.29, 1.82) is 0 Å². The molecule has 3 aromatic rings. The normalized spacial score (nSPS) is 15.8. The first-order valence-corrected chi connectivity index (χ1v) is 8.30. The second-order valence-corrected chi connectivity index (χ2v) is 6.31. The maximum atomic E-state index is 12.6. The molecule has 0 spiro atoms. The highest BCUT2D eigenvalue weighted by molar-refractivity contribution is 6.29. The highest BCUT2D eigenvalue weighted by atomic mass is 35.5. The Morgan fingerprint density at radius 1 is 1.17 bits per heavy atom. The first kappa shape index (κ1) is 15.1. The number of hydrogen-bond donors (Lipinski definition) is 0. The van der Waals surface area contributed by atoms with Gasteiger partial charge in [-0.25, -0.2) is 4.98 Å². The molecule has 1 aliphatic heterocycles. The number of carbonyl (C=O) groups is 1. The van der Waals surface area contributed by atoms with Crippen molar-refractivity contribution < 1.29 is 4.79 Å². The van der Waals surface area contributed by atoms with Crippen molar-refractivity contribution >= 4 is 23.2 Å². The smallest absolute Gasteiger partial charge is 0.254 e. The van der Waals surface area contributed by atoms with Crippen molar-refractivity contribution in [3.63, 3.8) is 0 Å². The van der Waals surface area contributed by atoms with E-state index in [0.29, 0.717) is 29.7 Å². The number of aromatic nitrogens is 4. The lowest BCUT2D eigenvalue weighted by molar-refractivity contribution is 0.0710. The molecule has 6 nitrogen and oxygen atoms in total. The highest BCUT2D eigenvalue weighted by Gasteiger charge is 2.27. The van der Waals surface area contributed by atoms with E-state index in [1.165, 1.54) is 0 Å². The number of pyridine rings is 2. The molecule has 0 N–H and O–H groups in total. The van der Waals surface area contributed by atoms with Gasteiger partial charge in [-0.15, -0.1) is 10.2 Å². The van der Waals surface area contributed by atoms with Crippen molar-refractivity contribution in [3.8, 4) is 0 Å². The molecule has 1 saturated heterocycles. The Balaban J connectivity index is 1.48. The monoisotopic (exact) mass is 341 g/mol. The molecule has 1 aliphatic rings. The van der Waals surface area contributed by atoms with E-state index in [9.17, 15) is 4.79 Å². The third kappa shape index (κ3) is 2.73. The fraction of sp³-hybridized carbons (Fsp3) is 0.294. The summed E-state index contributed by atoms with van der Waals surface area (Å²) in [6.45, 7) is 1.40. The van der Waals surface area contributed by atoms with Crippen LogP contribution in [0.4, 0.5) is 0 Å². The van der Waals surface area contributed by atoms with Crippen LogP contribution in [0.25, 0.3) is 5.65 Å². The van der Waals surface area contributed by atoms with Crippen LogP contribution in [0.1, 0.15) is 34.9 Å². The summed E-state index contributed by atoms with van der Waals surface area (Å²) < 4.78 is 2.03. The van der Waals surface area contributed by atoms with Gasteiger partial charge in [0.2, 0.25) is 0 Å². The second-order valence-electron chi connectivity index (χ2n) is 5.92. The second kappa shape index (κ2) is 6.20. The standard InChI is InChI=1S/C17H16ClN5O/c18-14-11-13(4-7-19-14)17(24)22-9-5-12(6-10-22)16-21-20-15-3-1-2-8-23(15)16/h1-4,7-8,11-12H,5-6,9-10H2. The average Bonchev–Trinajstić information content (AvgIpc) is 3.05. The third-order valence-electron chi connectivity index (χ3n) is 4.46. The molecule has 0 unspecified atom stereocenters. The molecular formula is C17H16ClN5O. The number of nitrogens with zero attached hydrogens (tertiary/aromatic N) is 5. The zero-order valence-electron chi connectivity index (χ0n) is 13.0. The predicted molar refractivity (Wildman–Crippen MR) is 90.1 cm³/mol. The summed E-state index contributed by atoms with van der Waals surface area (Å²) in [5.41, 5.74) is 1.44. The first-order chi connectivity index (χ1) is 11.7.